The van der Waals surface area contributed by atoms with Crippen LogP contribution in [0.4, 0.5) is 18.9 Å². The first kappa shape index (κ1) is 34.5. The smallest absolute Gasteiger partial charge is 0.256 e. The fraction of sp³-hybridized carbons (Fsp3) is 0.474. The molecule has 4 aromatic rings. The lowest BCUT2D eigenvalue weighted by molar-refractivity contribution is 0.0602. The molecule has 1 amide bonds. The molecular weight excluding hydrogens is 664 g/mol. The topological polar surface area (TPSA) is 87.5 Å². The number of carbonyl (C=O) groups is 1. The SMILES string of the molecule is Cc1nc2ccccc2n1C1C[C@H]2CC[C@@H](C1)N2CCC1(c2cccc(F)c2)CCN(C(=O)c2cc(NS(=O)(=O)C(C)C)c(F)cc2F)CC1. The number of nitrogens with zero attached hydrogens (tertiary/aromatic N) is 4. The van der Waals surface area contributed by atoms with E-state index in [0.29, 0.717) is 50.1 Å². The molecule has 50 heavy (non-hydrogen) atoms. The Hall–Kier alpha value is -3.90. The van der Waals surface area contributed by atoms with Gasteiger partial charge in [-0.25, -0.2) is 26.6 Å². The number of rotatable bonds is 9. The quantitative estimate of drug-likeness (QED) is 0.197. The molecule has 1 aromatic heterocycles. The zero-order valence-electron chi connectivity index (χ0n) is 28.7. The van der Waals surface area contributed by atoms with Gasteiger partial charge in [0.05, 0.1) is 27.5 Å². The maximum Gasteiger partial charge on any atom is 0.256 e. The summed E-state index contributed by atoms with van der Waals surface area (Å²) in [6, 6.07) is 17.8. The summed E-state index contributed by atoms with van der Waals surface area (Å²) < 4.78 is 73.6. The van der Waals surface area contributed by atoms with Gasteiger partial charge in [-0.1, -0.05) is 24.3 Å². The first-order chi connectivity index (χ1) is 23.8. The van der Waals surface area contributed by atoms with E-state index in [0.717, 1.165) is 61.6 Å². The van der Waals surface area contributed by atoms with Crippen LogP contribution in [0.3, 0.4) is 0 Å². The van der Waals surface area contributed by atoms with Crippen molar-refractivity contribution in [2.45, 2.75) is 94.5 Å². The summed E-state index contributed by atoms with van der Waals surface area (Å²) in [5.41, 5.74) is 1.84. The second-order valence-electron chi connectivity index (χ2n) is 14.6. The number of fused-ring (bicyclic) bond motifs is 3. The third-order valence-electron chi connectivity index (χ3n) is 11.5. The number of carbonyl (C=O) groups excluding carboxylic acids is 1. The summed E-state index contributed by atoms with van der Waals surface area (Å²) in [7, 11) is -3.92. The van der Waals surface area contributed by atoms with Crippen LogP contribution in [-0.2, 0) is 15.4 Å². The third kappa shape index (κ3) is 6.40. The van der Waals surface area contributed by atoms with Crippen LogP contribution in [-0.4, -0.2) is 70.6 Å². The number of halogens is 3. The molecule has 0 radical (unpaired) electrons. The van der Waals surface area contributed by atoms with E-state index in [1.54, 1.807) is 12.1 Å². The second kappa shape index (κ2) is 13.3. The maximum absolute atomic E-state index is 15.0. The first-order valence-corrected chi connectivity index (χ1v) is 19.2. The zero-order chi connectivity index (χ0) is 35.4. The van der Waals surface area contributed by atoms with E-state index < -0.39 is 49.5 Å². The van der Waals surface area contributed by atoms with Gasteiger partial charge in [0.1, 0.15) is 23.3 Å². The van der Waals surface area contributed by atoms with Gasteiger partial charge >= 0.3 is 0 Å². The van der Waals surface area contributed by atoms with Crippen LogP contribution in [0, 0.1) is 24.4 Å². The number of piperidine rings is 2. The number of likely N-dealkylation sites (tertiary alicyclic amines) is 1. The predicted molar refractivity (Wildman–Crippen MR) is 188 cm³/mol. The molecule has 3 aliphatic heterocycles. The van der Waals surface area contributed by atoms with Crippen LogP contribution in [0.2, 0.25) is 0 Å². The second-order valence-corrected chi connectivity index (χ2v) is 16.8. The van der Waals surface area contributed by atoms with Crippen LogP contribution in [0.1, 0.15) is 86.6 Å². The van der Waals surface area contributed by atoms with E-state index >= 15 is 0 Å². The maximum atomic E-state index is 15.0. The fourth-order valence-corrected chi connectivity index (χ4v) is 9.36. The Morgan fingerprint density at radius 3 is 2.32 bits per heavy atom. The van der Waals surface area contributed by atoms with Crippen molar-refractivity contribution in [2.75, 3.05) is 24.4 Å². The van der Waals surface area contributed by atoms with Gasteiger partial charge in [0.25, 0.3) is 5.91 Å². The molecule has 0 saturated carbocycles. The third-order valence-corrected chi connectivity index (χ3v) is 13.2. The van der Waals surface area contributed by atoms with Crippen LogP contribution in [0.5, 0.6) is 0 Å². The largest absolute Gasteiger partial charge is 0.338 e. The Bertz CT molecular complexity index is 2010. The first-order valence-electron chi connectivity index (χ1n) is 17.6. The molecule has 1 N–H and O–H groups in total. The molecule has 266 valence electrons. The van der Waals surface area contributed by atoms with E-state index in [1.165, 1.54) is 30.3 Å². The Kier molecular flexibility index (Phi) is 9.21. The van der Waals surface area contributed by atoms with Crippen molar-refractivity contribution in [1.29, 1.82) is 0 Å². The Morgan fingerprint density at radius 1 is 0.940 bits per heavy atom. The lowest BCUT2D eigenvalue weighted by Crippen LogP contribution is -2.49. The number of hydrogen-bond donors (Lipinski definition) is 1. The number of amides is 1. The average Bonchev–Trinajstić information content (AvgIpc) is 3.54. The van der Waals surface area contributed by atoms with E-state index in [2.05, 4.69) is 39.3 Å². The number of anilines is 1. The van der Waals surface area contributed by atoms with Crippen LogP contribution in [0.15, 0.2) is 60.7 Å². The molecule has 12 heteroatoms. The van der Waals surface area contributed by atoms with Crippen molar-refractivity contribution in [3.8, 4) is 0 Å². The van der Waals surface area contributed by atoms with Crippen molar-refractivity contribution in [2.24, 2.45) is 0 Å². The van der Waals surface area contributed by atoms with E-state index in [9.17, 15) is 26.4 Å². The molecule has 3 saturated heterocycles. The summed E-state index contributed by atoms with van der Waals surface area (Å²) in [6.07, 6.45) is 6.25. The minimum Gasteiger partial charge on any atom is -0.338 e. The monoisotopic (exact) mass is 707 g/mol. The Balaban J connectivity index is 1.08. The molecule has 0 spiro atoms. The van der Waals surface area contributed by atoms with Gasteiger partial charge in [0.2, 0.25) is 10.0 Å². The predicted octanol–water partition coefficient (Wildman–Crippen LogP) is 7.34. The number of aryl methyl sites for hydroxylation is 1. The highest BCUT2D eigenvalue weighted by atomic mass is 32.2. The lowest BCUT2D eigenvalue weighted by atomic mass is 9.70. The van der Waals surface area contributed by atoms with Crippen molar-refractivity contribution in [3.63, 3.8) is 0 Å². The molecule has 3 aromatic carbocycles. The minimum absolute atomic E-state index is 0.293. The highest BCUT2D eigenvalue weighted by Crippen LogP contribution is 2.45. The van der Waals surface area contributed by atoms with Gasteiger partial charge < -0.3 is 9.47 Å². The number of para-hydroxylation sites is 2. The summed E-state index contributed by atoms with van der Waals surface area (Å²) >= 11 is 0. The zero-order valence-corrected chi connectivity index (χ0v) is 29.5. The summed E-state index contributed by atoms with van der Waals surface area (Å²) in [5.74, 6) is -2.06. The average molecular weight is 708 g/mol. The van der Waals surface area contributed by atoms with Crippen molar-refractivity contribution >= 4 is 32.7 Å². The van der Waals surface area contributed by atoms with Crippen molar-refractivity contribution < 1.29 is 26.4 Å². The van der Waals surface area contributed by atoms with Crippen molar-refractivity contribution in [1.82, 2.24) is 19.4 Å². The Morgan fingerprint density at radius 2 is 1.64 bits per heavy atom. The number of benzene rings is 3. The molecule has 4 heterocycles. The number of aromatic nitrogens is 2. The Labute approximate surface area is 291 Å². The van der Waals surface area contributed by atoms with Crippen molar-refractivity contribution in [3.05, 3.63) is 95.1 Å². The number of hydrogen-bond acceptors (Lipinski definition) is 5. The fourth-order valence-electron chi connectivity index (χ4n) is 8.66. The number of imidazole rings is 1. The molecular formula is C38H44F3N5O3S. The van der Waals surface area contributed by atoms with Gasteiger partial charge in [0.15, 0.2) is 0 Å². The molecule has 1 unspecified atom stereocenters. The lowest BCUT2D eigenvalue weighted by Gasteiger charge is -2.45. The summed E-state index contributed by atoms with van der Waals surface area (Å²) in [5, 5.41) is -0.855. The van der Waals surface area contributed by atoms with E-state index in [1.807, 2.05) is 12.1 Å². The highest BCUT2D eigenvalue weighted by Gasteiger charge is 2.44. The van der Waals surface area contributed by atoms with Gasteiger partial charge in [-0.3, -0.25) is 14.4 Å². The standard InChI is InChI=1S/C38H44F3N5O3S/c1-24(2)50(48,49)43-35-22-31(32(40)23-33(35)41)37(47)44-16-13-38(14-17-44,26-7-6-8-27(39)19-26)15-18-45-28-11-12-29(45)21-30(20-28)46-25(3)42-34-9-4-5-10-36(34)46/h4-10,19,22-24,28-30,43H,11-18,20-21H2,1-3H3/t28-,29+,30?. The highest BCUT2D eigenvalue weighted by molar-refractivity contribution is 7.93. The van der Waals surface area contributed by atoms with E-state index in [4.69, 9.17) is 4.98 Å². The van der Waals surface area contributed by atoms with Gasteiger partial charge in [-0.15, -0.1) is 0 Å². The van der Waals surface area contributed by atoms with Gasteiger partial charge in [-0.05, 0) is 114 Å². The molecule has 2 bridgehead atoms. The van der Waals surface area contributed by atoms with Crippen LogP contribution < -0.4 is 4.72 Å². The summed E-state index contributed by atoms with van der Waals surface area (Å²) in [6.45, 7) is 6.40. The molecule has 7 rings (SSSR count). The van der Waals surface area contributed by atoms with Crippen LogP contribution >= 0.6 is 0 Å². The van der Waals surface area contributed by atoms with Gasteiger partial charge in [-0.2, -0.15) is 0 Å². The number of sulfonamides is 1. The number of nitrogens with one attached hydrogen (secondary N) is 1. The molecule has 0 aliphatic carbocycles. The van der Waals surface area contributed by atoms with Crippen LogP contribution in [0.25, 0.3) is 11.0 Å². The normalized spacial score (nSPS) is 22.4. The summed E-state index contributed by atoms with van der Waals surface area (Å²) in [4.78, 5) is 22.6. The minimum atomic E-state index is -3.92. The molecule has 3 aliphatic rings. The molecule has 8 nitrogen and oxygen atoms in total. The van der Waals surface area contributed by atoms with Gasteiger partial charge in [0, 0.05) is 37.3 Å². The van der Waals surface area contributed by atoms with E-state index in [-0.39, 0.29) is 5.82 Å². The molecule has 3 fully saturated rings. The molecule has 3 atom stereocenters.